The zero-order valence-corrected chi connectivity index (χ0v) is 9.05. The topological polar surface area (TPSA) is 25.8 Å². The summed E-state index contributed by atoms with van der Waals surface area (Å²) >= 11 is 7.23. The number of hydrogen-bond donors (Lipinski definition) is 0. The van der Waals surface area contributed by atoms with Crippen molar-refractivity contribution in [1.82, 2.24) is 10.2 Å². The summed E-state index contributed by atoms with van der Waals surface area (Å²) in [6.45, 7) is 0. The third-order valence-electron chi connectivity index (χ3n) is 1.80. The molecule has 2 rings (SSSR count). The Bertz CT molecular complexity index is 400. The van der Waals surface area contributed by atoms with Gasteiger partial charge in [-0.15, -0.1) is 21.8 Å². The molecule has 2 nitrogen and oxygen atoms in total. The monoisotopic (exact) mass is 224 g/mol. The van der Waals surface area contributed by atoms with Crippen molar-refractivity contribution in [2.24, 2.45) is 0 Å². The van der Waals surface area contributed by atoms with Gasteiger partial charge in [0.05, 0.1) is 0 Å². The predicted octanol–water partition coefficient (Wildman–Crippen LogP) is 2.99. The number of halogens is 1. The third-order valence-corrected chi connectivity index (χ3v) is 3.02. The second kappa shape index (κ2) is 4.53. The van der Waals surface area contributed by atoms with E-state index in [1.54, 1.807) is 11.3 Å². The third kappa shape index (κ3) is 2.11. The van der Waals surface area contributed by atoms with Gasteiger partial charge in [-0.1, -0.05) is 41.7 Å². The summed E-state index contributed by atoms with van der Waals surface area (Å²) < 4.78 is 0. The first-order chi connectivity index (χ1) is 6.90. The van der Waals surface area contributed by atoms with Crippen molar-refractivity contribution < 1.29 is 0 Å². The first-order valence-corrected chi connectivity index (χ1v) is 5.69. The fourth-order valence-corrected chi connectivity index (χ4v) is 2.27. The Labute approximate surface area is 91.6 Å². The first kappa shape index (κ1) is 9.62. The molecule has 0 amide bonds. The summed E-state index contributed by atoms with van der Waals surface area (Å²) in [6, 6.07) is 10.1. The fraction of sp³-hybridized carbons (Fsp3) is 0.200. The Hall–Kier alpha value is -0.930. The fourth-order valence-electron chi connectivity index (χ4n) is 1.13. The molecule has 14 heavy (non-hydrogen) atoms. The van der Waals surface area contributed by atoms with Crippen LogP contribution in [0.2, 0.25) is 0 Å². The van der Waals surface area contributed by atoms with Crippen LogP contribution < -0.4 is 0 Å². The summed E-state index contributed by atoms with van der Waals surface area (Å²) in [4.78, 5) is 0. The number of aromatic nitrogens is 2. The number of alkyl halides is 1. The van der Waals surface area contributed by atoms with Crippen LogP contribution in [0.1, 0.15) is 5.01 Å². The van der Waals surface area contributed by atoms with E-state index in [4.69, 9.17) is 11.6 Å². The SMILES string of the molecule is ClCCc1nnc(-c2ccccc2)s1. The van der Waals surface area contributed by atoms with Gasteiger partial charge in [-0.3, -0.25) is 0 Å². The van der Waals surface area contributed by atoms with Gasteiger partial charge >= 0.3 is 0 Å². The van der Waals surface area contributed by atoms with Crippen molar-refractivity contribution in [3.8, 4) is 10.6 Å². The van der Waals surface area contributed by atoms with Crippen molar-refractivity contribution in [3.63, 3.8) is 0 Å². The maximum absolute atomic E-state index is 5.63. The van der Waals surface area contributed by atoms with E-state index in [1.807, 2.05) is 30.3 Å². The Morgan fingerprint density at radius 2 is 1.93 bits per heavy atom. The number of aryl methyl sites for hydroxylation is 1. The number of rotatable bonds is 3. The minimum atomic E-state index is 0.601. The van der Waals surface area contributed by atoms with Crippen LogP contribution in [0.15, 0.2) is 30.3 Å². The molecule has 0 spiro atoms. The Morgan fingerprint density at radius 1 is 1.14 bits per heavy atom. The van der Waals surface area contributed by atoms with Gasteiger partial charge < -0.3 is 0 Å². The maximum atomic E-state index is 5.63. The molecule has 1 aromatic carbocycles. The molecular weight excluding hydrogens is 216 g/mol. The predicted molar refractivity (Wildman–Crippen MR) is 59.8 cm³/mol. The van der Waals surface area contributed by atoms with Crippen molar-refractivity contribution in [2.75, 3.05) is 5.88 Å². The molecule has 1 heterocycles. The first-order valence-electron chi connectivity index (χ1n) is 4.34. The molecule has 4 heteroatoms. The van der Waals surface area contributed by atoms with Crippen LogP contribution in [0.4, 0.5) is 0 Å². The highest BCUT2D eigenvalue weighted by Crippen LogP contribution is 2.23. The van der Waals surface area contributed by atoms with Crippen LogP contribution in [0, 0.1) is 0 Å². The average Bonchev–Trinajstić information content (AvgIpc) is 2.68. The van der Waals surface area contributed by atoms with E-state index in [1.165, 1.54) is 0 Å². The Balaban J connectivity index is 2.25. The molecule has 0 saturated carbocycles. The van der Waals surface area contributed by atoms with Crippen molar-refractivity contribution in [1.29, 1.82) is 0 Å². The van der Waals surface area contributed by atoms with E-state index in [0.29, 0.717) is 5.88 Å². The molecule has 0 aliphatic rings. The maximum Gasteiger partial charge on any atom is 0.147 e. The largest absolute Gasteiger partial charge is 0.147 e. The smallest absolute Gasteiger partial charge is 0.143 e. The van der Waals surface area contributed by atoms with Crippen molar-refractivity contribution >= 4 is 22.9 Å². The lowest BCUT2D eigenvalue weighted by atomic mass is 10.2. The lowest BCUT2D eigenvalue weighted by Gasteiger charge is -1.91. The molecule has 0 aliphatic carbocycles. The summed E-state index contributed by atoms with van der Waals surface area (Å²) in [5.41, 5.74) is 1.12. The zero-order valence-electron chi connectivity index (χ0n) is 7.48. The van der Waals surface area contributed by atoms with Gasteiger partial charge in [0.1, 0.15) is 10.0 Å². The van der Waals surface area contributed by atoms with E-state index in [-0.39, 0.29) is 0 Å². The van der Waals surface area contributed by atoms with Gasteiger partial charge in [0.15, 0.2) is 0 Å². The molecule has 1 aromatic heterocycles. The summed E-state index contributed by atoms with van der Waals surface area (Å²) in [5, 5.41) is 10.1. The van der Waals surface area contributed by atoms with Crippen LogP contribution in [0.5, 0.6) is 0 Å². The van der Waals surface area contributed by atoms with Crippen LogP contribution in [-0.4, -0.2) is 16.1 Å². The molecule has 2 aromatic rings. The van der Waals surface area contributed by atoms with Crippen LogP contribution in [0.3, 0.4) is 0 Å². The van der Waals surface area contributed by atoms with Gasteiger partial charge in [0.2, 0.25) is 0 Å². The Morgan fingerprint density at radius 3 is 2.64 bits per heavy atom. The molecule has 0 unspecified atom stereocenters. The highest BCUT2D eigenvalue weighted by atomic mass is 35.5. The lowest BCUT2D eigenvalue weighted by molar-refractivity contribution is 0.990. The van der Waals surface area contributed by atoms with Crippen molar-refractivity contribution in [2.45, 2.75) is 6.42 Å². The molecule has 0 bridgehead atoms. The van der Waals surface area contributed by atoms with E-state index in [2.05, 4.69) is 10.2 Å². The Kier molecular flexibility index (Phi) is 3.11. The molecule has 0 radical (unpaired) electrons. The van der Waals surface area contributed by atoms with Crippen molar-refractivity contribution in [3.05, 3.63) is 35.3 Å². The molecule has 0 fully saturated rings. The standard InChI is InChI=1S/C10H9ClN2S/c11-7-6-9-12-13-10(14-9)8-4-2-1-3-5-8/h1-5H,6-7H2. The minimum absolute atomic E-state index is 0.601. The van der Waals surface area contributed by atoms with E-state index >= 15 is 0 Å². The summed E-state index contributed by atoms with van der Waals surface area (Å²) in [7, 11) is 0. The second-order valence-corrected chi connectivity index (χ2v) is 4.25. The van der Waals surface area contributed by atoms with E-state index in [9.17, 15) is 0 Å². The highest BCUT2D eigenvalue weighted by molar-refractivity contribution is 7.14. The summed E-state index contributed by atoms with van der Waals surface area (Å²) in [6.07, 6.45) is 0.798. The number of benzene rings is 1. The minimum Gasteiger partial charge on any atom is -0.143 e. The van der Waals surface area contributed by atoms with Gasteiger partial charge in [0.25, 0.3) is 0 Å². The van der Waals surface area contributed by atoms with E-state index < -0.39 is 0 Å². The quantitative estimate of drug-likeness (QED) is 0.750. The normalized spacial score (nSPS) is 10.4. The average molecular weight is 225 g/mol. The van der Waals surface area contributed by atoms with E-state index in [0.717, 1.165) is 22.0 Å². The van der Waals surface area contributed by atoms with Gasteiger partial charge in [0, 0.05) is 17.9 Å². The van der Waals surface area contributed by atoms with Gasteiger partial charge in [-0.05, 0) is 0 Å². The molecule has 0 N–H and O–H groups in total. The zero-order chi connectivity index (χ0) is 9.80. The van der Waals surface area contributed by atoms with Crippen LogP contribution in [-0.2, 0) is 6.42 Å². The second-order valence-electron chi connectivity index (χ2n) is 2.81. The number of nitrogens with zero attached hydrogens (tertiary/aromatic N) is 2. The molecule has 72 valence electrons. The molecule has 0 atom stereocenters. The molecular formula is C10H9ClN2S. The van der Waals surface area contributed by atoms with Gasteiger partial charge in [-0.2, -0.15) is 0 Å². The molecule has 0 saturated heterocycles. The van der Waals surface area contributed by atoms with Gasteiger partial charge in [-0.25, -0.2) is 0 Å². The van der Waals surface area contributed by atoms with Crippen LogP contribution >= 0.6 is 22.9 Å². The highest BCUT2D eigenvalue weighted by Gasteiger charge is 2.04. The van der Waals surface area contributed by atoms with Crippen LogP contribution in [0.25, 0.3) is 10.6 Å². The summed E-state index contributed by atoms with van der Waals surface area (Å²) in [5.74, 6) is 0.601. The molecule has 0 aliphatic heterocycles. The number of hydrogen-bond acceptors (Lipinski definition) is 3. The lowest BCUT2D eigenvalue weighted by Crippen LogP contribution is -1.82.